The molecule has 20 heavy (non-hydrogen) atoms. The largest absolute Gasteiger partial charge is 0.395 e. The molecule has 2 nitrogen and oxygen atoms in total. The molecule has 0 aliphatic heterocycles. The molecule has 0 spiro atoms. The molecule has 1 saturated carbocycles. The zero-order valence-corrected chi connectivity index (χ0v) is 12.9. The van der Waals surface area contributed by atoms with Crippen molar-refractivity contribution in [2.75, 3.05) is 6.61 Å². The van der Waals surface area contributed by atoms with Gasteiger partial charge in [0.15, 0.2) is 0 Å². The minimum absolute atomic E-state index is 0.184. The summed E-state index contributed by atoms with van der Waals surface area (Å²) in [7, 11) is 0. The van der Waals surface area contributed by atoms with Crippen LogP contribution in [0.2, 0.25) is 0 Å². The van der Waals surface area contributed by atoms with Crippen molar-refractivity contribution in [1.29, 1.82) is 0 Å². The lowest BCUT2D eigenvalue weighted by Gasteiger charge is -2.25. The van der Waals surface area contributed by atoms with Gasteiger partial charge in [-0.2, -0.15) is 0 Å². The maximum Gasteiger partial charge on any atom is 0.0587 e. The highest BCUT2D eigenvalue weighted by Gasteiger charge is 2.25. The molecule has 1 aromatic rings. The molecular formula is C18H29NO. The number of aliphatic hydroxyl groups is 1. The monoisotopic (exact) mass is 275 g/mol. The molecule has 0 aromatic heterocycles. The van der Waals surface area contributed by atoms with Crippen molar-refractivity contribution in [2.45, 2.75) is 64.5 Å². The summed E-state index contributed by atoms with van der Waals surface area (Å²) in [5.74, 6) is 0. The van der Waals surface area contributed by atoms with E-state index in [9.17, 15) is 5.11 Å². The van der Waals surface area contributed by atoms with E-state index >= 15 is 0 Å². The maximum absolute atomic E-state index is 9.63. The van der Waals surface area contributed by atoms with Crippen LogP contribution in [0.15, 0.2) is 30.3 Å². The fraction of sp³-hybridized carbons (Fsp3) is 0.667. The highest BCUT2D eigenvalue weighted by Crippen LogP contribution is 2.33. The van der Waals surface area contributed by atoms with Gasteiger partial charge in [0.1, 0.15) is 0 Å². The third kappa shape index (κ3) is 4.92. The van der Waals surface area contributed by atoms with E-state index in [1.54, 1.807) is 0 Å². The molecule has 2 atom stereocenters. The topological polar surface area (TPSA) is 32.3 Å². The molecule has 1 aromatic carbocycles. The molecule has 2 heteroatoms. The van der Waals surface area contributed by atoms with Crippen molar-refractivity contribution in [1.82, 2.24) is 5.32 Å². The lowest BCUT2D eigenvalue weighted by Crippen LogP contribution is -2.41. The first kappa shape index (κ1) is 15.5. The van der Waals surface area contributed by atoms with E-state index in [-0.39, 0.29) is 12.6 Å². The average molecular weight is 275 g/mol. The molecule has 2 N–H and O–H groups in total. The van der Waals surface area contributed by atoms with Crippen molar-refractivity contribution in [3.8, 4) is 0 Å². The summed E-state index contributed by atoms with van der Waals surface area (Å²) in [5.41, 5.74) is 1.79. The summed E-state index contributed by atoms with van der Waals surface area (Å²) in [6.45, 7) is 4.97. The normalized spacial score (nSPS) is 24.1. The van der Waals surface area contributed by atoms with Gasteiger partial charge in [-0.05, 0) is 43.1 Å². The van der Waals surface area contributed by atoms with Crippen LogP contribution in [0.3, 0.4) is 0 Å². The van der Waals surface area contributed by atoms with Gasteiger partial charge in [-0.1, -0.05) is 50.6 Å². The predicted molar refractivity (Wildman–Crippen MR) is 84.8 cm³/mol. The Balaban J connectivity index is 1.86. The van der Waals surface area contributed by atoms with Crippen molar-refractivity contribution >= 4 is 0 Å². The standard InChI is InChI=1S/C18H29NO/c1-18(2)11-6-9-16(10-12-18)19-17(14-20)13-15-7-4-3-5-8-15/h3-5,7-8,16-17,19-20H,6,9-14H2,1-2H3/t16?,17-/m0/s1. The fourth-order valence-corrected chi connectivity index (χ4v) is 3.24. The second-order valence-corrected chi connectivity index (χ2v) is 7.03. The quantitative estimate of drug-likeness (QED) is 0.806. The molecule has 1 fully saturated rings. The van der Waals surface area contributed by atoms with Crippen molar-refractivity contribution < 1.29 is 5.11 Å². The van der Waals surface area contributed by atoms with Crippen LogP contribution in [0.25, 0.3) is 0 Å². The Kier molecular flexibility index (Phi) is 5.62. The van der Waals surface area contributed by atoms with Gasteiger partial charge >= 0.3 is 0 Å². The third-order valence-electron chi connectivity index (χ3n) is 4.59. The van der Waals surface area contributed by atoms with Crippen LogP contribution in [-0.2, 0) is 6.42 Å². The maximum atomic E-state index is 9.63. The molecule has 0 bridgehead atoms. The van der Waals surface area contributed by atoms with Crippen LogP contribution in [0.1, 0.15) is 51.5 Å². The van der Waals surface area contributed by atoms with Crippen LogP contribution < -0.4 is 5.32 Å². The number of nitrogens with one attached hydrogen (secondary N) is 1. The zero-order chi connectivity index (χ0) is 14.4. The smallest absolute Gasteiger partial charge is 0.0587 e. The van der Waals surface area contributed by atoms with E-state index in [4.69, 9.17) is 0 Å². The number of hydrogen-bond donors (Lipinski definition) is 2. The summed E-state index contributed by atoms with van der Waals surface area (Å²) in [4.78, 5) is 0. The summed E-state index contributed by atoms with van der Waals surface area (Å²) < 4.78 is 0. The second-order valence-electron chi connectivity index (χ2n) is 7.03. The molecule has 0 radical (unpaired) electrons. The number of aliphatic hydroxyl groups excluding tert-OH is 1. The molecule has 0 saturated heterocycles. The molecule has 0 heterocycles. The van der Waals surface area contributed by atoms with Gasteiger partial charge < -0.3 is 10.4 Å². The van der Waals surface area contributed by atoms with E-state index in [0.29, 0.717) is 11.5 Å². The third-order valence-corrected chi connectivity index (χ3v) is 4.59. The molecule has 2 rings (SSSR count). The van der Waals surface area contributed by atoms with Gasteiger partial charge in [-0.3, -0.25) is 0 Å². The van der Waals surface area contributed by atoms with Gasteiger partial charge in [0.2, 0.25) is 0 Å². The predicted octanol–water partition coefficient (Wildman–Crippen LogP) is 3.54. The first-order chi connectivity index (χ1) is 9.59. The summed E-state index contributed by atoms with van der Waals surface area (Å²) >= 11 is 0. The van der Waals surface area contributed by atoms with E-state index in [2.05, 4.69) is 43.4 Å². The first-order valence-electron chi connectivity index (χ1n) is 8.00. The molecular weight excluding hydrogens is 246 g/mol. The van der Waals surface area contributed by atoms with E-state index in [0.717, 1.165) is 6.42 Å². The molecule has 1 aliphatic rings. The molecule has 0 amide bonds. The Morgan fingerprint density at radius 3 is 2.65 bits per heavy atom. The zero-order valence-electron chi connectivity index (χ0n) is 12.9. The fourth-order valence-electron chi connectivity index (χ4n) is 3.24. The Morgan fingerprint density at radius 1 is 1.20 bits per heavy atom. The Bertz CT molecular complexity index is 388. The van der Waals surface area contributed by atoms with Crippen molar-refractivity contribution in [3.63, 3.8) is 0 Å². The molecule has 1 aliphatic carbocycles. The van der Waals surface area contributed by atoms with E-state index < -0.39 is 0 Å². The minimum Gasteiger partial charge on any atom is -0.395 e. The first-order valence-corrected chi connectivity index (χ1v) is 8.00. The van der Waals surface area contributed by atoms with Crippen LogP contribution in [0, 0.1) is 5.41 Å². The lowest BCUT2D eigenvalue weighted by molar-refractivity contribution is 0.224. The van der Waals surface area contributed by atoms with Gasteiger partial charge in [-0.15, -0.1) is 0 Å². The van der Waals surface area contributed by atoms with Crippen LogP contribution in [0.4, 0.5) is 0 Å². The Labute approximate surface area is 123 Å². The van der Waals surface area contributed by atoms with Crippen molar-refractivity contribution in [3.05, 3.63) is 35.9 Å². The van der Waals surface area contributed by atoms with Gasteiger partial charge in [-0.25, -0.2) is 0 Å². The lowest BCUT2D eigenvalue weighted by atomic mass is 9.85. The molecule has 112 valence electrons. The highest BCUT2D eigenvalue weighted by atomic mass is 16.3. The van der Waals surface area contributed by atoms with Gasteiger partial charge in [0.25, 0.3) is 0 Å². The van der Waals surface area contributed by atoms with E-state index in [1.165, 1.54) is 37.7 Å². The number of rotatable bonds is 5. The summed E-state index contributed by atoms with van der Waals surface area (Å²) in [6, 6.07) is 11.2. The van der Waals surface area contributed by atoms with Crippen molar-refractivity contribution in [2.24, 2.45) is 5.41 Å². The Morgan fingerprint density at radius 2 is 1.95 bits per heavy atom. The number of benzene rings is 1. The average Bonchev–Trinajstić information content (AvgIpc) is 2.60. The van der Waals surface area contributed by atoms with Crippen LogP contribution in [0.5, 0.6) is 0 Å². The minimum atomic E-state index is 0.184. The second kappa shape index (κ2) is 7.24. The van der Waals surface area contributed by atoms with Crippen LogP contribution >= 0.6 is 0 Å². The summed E-state index contributed by atoms with van der Waals surface area (Å²) in [6.07, 6.45) is 7.31. The van der Waals surface area contributed by atoms with Gasteiger partial charge in [0.05, 0.1) is 6.61 Å². The summed E-state index contributed by atoms with van der Waals surface area (Å²) in [5, 5.41) is 13.3. The van der Waals surface area contributed by atoms with E-state index in [1.807, 2.05) is 6.07 Å². The highest BCUT2D eigenvalue weighted by molar-refractivity contribution is 5.16. The number of hydrogen-bond acceptors (Lipinski definition) is 2. The Hall–Kier alpha value is -0.860. The molecule has 1 unspecified atom stereocenters. The SMILES string of the molecule is CC1(C)CCCC(N[C@H](CO)Cc2ccccc2)CC1. The van der Waals surface area contributed by atoms with Gasteiger partial charge in [0, 0.05) is 12.1 Å². The van der Waals surface area contributed by atoms with Crippen LogP contribution in [-0.4, -0.2) is 23.8 Å².